The molecule has 19 nitrogen and oxygen atoms in total. The van der Waals surface area contributed by atoms with Crippen LogP contribution in [-0.2, 0) is 40.4 Å². The Labute approximate surface area is 490 Å². The highest BCUT2D eigenvalue weighted by atomic mass is 32.2. The number of methoxy groups -OCH3 is 1. The maximum Gasteiger partial charge on any atom is 0.425 e. The van der Waals surface area contributed by atoms with Gasteiger partial charge in [0.25, 0.3) is 10.1 Å². The van der Waals surface area contributed by atoms with Gasteiger partial charge in [0.2, 0.25) is 19.7 Å². The average molecular weight is 1230 g/mol. The van der Waals surface area contributed by atoms with Gasteiger partial charge in [0.15, 0.2) is 0 Å². The predicted octanol–water partition coefficient (Wildman–Crippen LogP) is 13.8. The summed E-state index contributed by atoms with van der Waals surface area (Å²) in [6.07, 6.45) is 0. The van der Waals surface area contributed by atoms with Crippen molar-refractivity contribution in [3.05, 3.63) is 242 Å². The number of hydrogen-bond acceptors (Lipinski definition) is 18. The first kappa shape index (κ1) is 60.9. The third-order valence-corrected chi connectivity index (χ3v) is 16.1. The zero-order valence-corrected chi connectivity index (χ0v) is 47.8. The van der Waals surface area contributed by atoms with Gasteiger partial charge in [-0.15, -0.1) is 12.6 Å². The smallest absolute Gasteiger partial charge is 0.425 e. The van der Waals surface area contributed by atoms with Crippen molar-refractivity contribution < 1.29 is 85.8 Å². The third kappa shape index (κ3) is 17.2. The lowest BCUT2D eigenvalue weighted by Crippen LogP contribution is -2.06. The summed E-state index contributed by atoms with van der Waals surface area (Å²) in [5.41, 5.74) is 1.12. The number of rotatable bonds is 18. The molecule has 10 aromatic rings. The molecule has 0 atom stereocenters. The van der Waals surface area contributed by atoms with Gasteiger partial charge in [-0.1, -0.05) is 17.7 Å². The van der Waals surface area contributed by atoms with E-state index in [1.54, 1.807) is 133 Å². The van der Waals surface area contributed by atoms with E-state index in [0.29, 0.717) is 63.2 Å². The Balaban J connectivity index is 0.000000420. The molecule has 85 heavy (non-hydrogen) atoms. The molecule has 10 rings (SSSR count). The van der Waals surface area contributed by atoms with Crippen LogP contribution in [0.15, 0.2) is 261 Å². The summed E-state index contributed by atoms with van der Waals surface area (Å²) in [6, 6.07) is 61.1. The van der Waals surface area contributed by atoms with E-state index in [1.165, 1.54) is 73.8 Å². The van der Waals surface area contributed by atoms with Crippen LogP contribution in [0, 0.1) is 6.92 Å². The summed E-state index contributed by atoms with van der Waals surface area (Å²) in [5, 5.41) is 18.1. The lowest BCUT2D eigenvalue weighted by Gasteiger charge is -2.13. The van der Waals surface area contributed by atoms with Crippen molar-refractivity contribution in [1.29, 1.82) is 0 Å². The first-order chi connectivity index (χ1) is 40.6. The molecule has 0 radical (unpaired) electrons. The summed E-state index contributed by atoms with van der Waals surface area (Å²) >= 11 is 0. The first-order valence-electron chi connectivity index (χ1n) is 24.8. The van der Waals surface area contributed by atoms with E-state index in [1.807, 2.05) is 31.2 Å². The number of aromatic hydroxyl groups is 2. The molecule has 23 heteroatoms. The fourth-order valence-corrected chi connectivity index (χ4v) is 10.8. The van der Waals surface area contributed by atoms with Crippen LogP contribution in [0.1, 0.15) is 5.56 Å². The molecule has 3 N–H and O–H groups in total. The Kier molecular flexibility index (Phi) is 19.5. The van der Waals surface area contributed by atoms with E-state index in [4.69, 9.17) is 56.0 Å². The molecular formula is C62H48O19S4. The van der Waals surface area contributed by atoms with E-state index in [-0.39, 0.29) is 37.7 Å². The molecule has 0 spiro atoms. The molecule has 0 saturated heterocycles. The summed E-state index contributed by atoms with van der Waals surface area (Å²) in [5.74, 6) is 5.96. The van der Waals surface area contributed by atoms with Crippen LogP contribution in [0.2, 0.25) is 0 Å². The fourth-order valence-electron chi connectivity index (χ4n) is 7.51. The maximum atomic E-state index is 13.6. The van der Waals surface area contributed by atoms with Gasteiger partial charge < -0.3 is 43.4 Å². The van der Waals surface area contributed by atoms with Gasteiger partial charge in [0.05, 0.1) is 26.7 Å². The zero-order valence-electron chi connectivity index (χ0n) is 44.5. The van der Waals surface area contributed by atoms with Crippen LogP contribution in [0.4, 0.5) is 0 Å². The lowest BCUT2D eigenvalue weighted by molar-refractivity contribution is 0.414. The van der Waals surface area contributed by atoms with E-state index in [0.717, 1.165) is 17.7 Å². The number of phenolic OH excluding ortho intramolecular Hbond substituents is 2. The van der Waals surface area contributed by atoms with Gasteiger partial charge >= 0.3 is 10.6 Å². The van der Waals surface area contributed by atoms with Crippen molar-refractivity contribution in [3.8, 4) is 86.2 Å². The van der Waals surface area contributed by atoms with Crippen LogP contribution in [0.5, 0.6) is 86.2 Å². The first-order valence-corrected chi connectivity index (χ1v) is 30.2. The van der Waals surface area contributed by atoms with Crippen molar-refractivity contribution in [2.45, 2.75) is 31.4 Å². The second kappa shape index (κ2) is 27.3. The van der Waals surface area contributed by atoms with E-state index >= 15 is 0 Å². The normalized spacial score (nSPS) is 11.0. The highest BCUT2D eigenvalue weighted by Gasteiger charge is 2.25. The standard InChI is InChI=1S/C50H38O13S3.C12H10O3.O3S/c1-34-3-5-36(6-4-34)59-37-7-11-39(12-8-37)62-43-23-29-47(30-24-43)65(53,54)48-31-32-49(50(33-48)66(55,56)57)63-44-17-15-41(16-18-44)60-38-9-13-40(14-10-38)61-42-21-27-46(28-22-42)64(51,52)45-25-19-35(58-2)20-26-45;13-9-1-5-11(6-2-9)15-12-7-3-10(14)4-8-12;1-4(2)3/h3-33H,1-2H3,(H,55,56,57);1-8,13-14H;. The minimum atomic E-state index is -4.96. The molecule has 0 unspecified atom stereocenters. The average Bonchev–Trinajstić information content (AvgIpc) is 2.19. The molecule has 0 bridgehead atoms. The molecule has 0 amide bonds. The Bertz CT molecular complexity index is 4300. The second-order valence-electron chi connectivity index (χ2n) is 17.7. The fraction of sp³-hybridized carbons (Fsp3) is 0.0323. The Hall–Kier alpha value is -10.2. The van der Waals surface area contributed by atoms with Gasteiger partial charge in [-0.25, -0.2) is 16.8 Å². The minimum absolute atomic E-state index is 0.109. The summed E-state index contributed by atoms with van der Waals surface area (Å²) in [7, 11) is -14.6. The highest BCUT2D eigenvalue weighted by molar-refractivity contribution is 7.92. The zero-order chi connectivity index (χ0) is 60.7. The Morgan fingerprint density at radius 2 is 0.541 bits per heavy atom. The van der Waals surface area contributed by atoms with E-state index in [2.05, 4.69) is 0 Å². The number of ether oxygens (including phenoxy) is 7. The summed E-state index contributed by atoms with van der Waals surface area (Å²) in [4.78, 5) is -1.04. The molecular weight excluding hydrogens is 1180 g/mol. The van der Waals surface area contributed by atoms with Gasteiger partial charge in [0.1, 0.15) is 91.1 Å². The number of phenols is 2. The van der Waals surface area contributed by atoms with Crippen LogP contribution < -0.4 is 33.2 Å². The molecule has 0 aliphatic rings. The van der Waals surface area contributed by atoms with Gasteiger partial charge in [-0.2, -0.15) is 8.42 Å². The van der Waals surface area contributed by atoms with Crippen molar-refractivity contribution in [1.82, 2.24) is 0 Å². The van der Waals surface area contributed by atoms with Gasteiger partial charge in [-0.3, -0.25) is 4.55 Å². The summed E-state index contributed by atoms with van der Waals surface area (Å²) in [6.45, 7) is 1.99. The van der Waals surface area contributed by atoms with Gasteiger partial charge in [0, 0.05) is 0 Å². The predicted molar refractivity (Wildman–Crippen MR) is 310 cm³/mol. The third-order valence-electron chi connectivity index (χ3n) is 11.7. The minimum Gasteiger partial charge on any atom is -0.508 e. The SMILES string of the molecule is COc1ccc(S(=O)(=O)c2ccc(Oc3ccc(Oc4ccc(Oc5ccc(S(=O)(=O)c6ccc(Oc7ccc(Oc8ccc(C)cc8)cc7)cc6)cc5S(=O)(=O)O)cc4)cc3)cc2)cc1.O=S(=O)=O.Oc1ccc(Oc2ccc(O)cc2)cc1. The van der Waals surface area contributed by atoms with Crippen LogP contribution in [0.3, 0.4) is 0 Å². The quantitative estimate of drug-likeness (QED) is 0.0673. The second-order valence-corrected chi connectivity index (χ2v) is 23.4. The molecule has 434 valence electrons. The lowest BCUT2D eigenvalue weighted by atomic mass is 10.2. The van der Waals surface area contributed by atoms with Gasteiger partial charge in [-0.05, 0) is 231 Å². The molecule has 0 saturated carbocycles. The van der Waals surface area contributed by atoms with Crippen LogP contribution in [0.25, 0.3) is 0 Å². The summed E-state index contributed by atoms with van der Waals surface area (Å²) < 4.78 is 154. The molecule has 0 aliphatic heterocycles. The number of sulfone groups is 2. The molecule has 10 aromatic carbocycles. The molecule has 0 aliphatic carbocycles. The van der Waals surface area contributed by atoms with Crippen molar-refractivity contribution >= 4 is 40.4 Å². The highest BCUT2D eigenvalue weighted by Crippen LogP contribution is 2.36. The number of benzene rings is 10. The Morgan fingerprint density at radius 3 is 0.824 bits per heavy atom. The maximum absolute atomic E-state index is 13.6. The number of hydrogen-bond donors (Lipinski definition) is 3. The largest absolute Gasteiger partial charge is 0.508 e. The van der Waals surface area contributed by atoms with Crippen molar-refractivity contribution in [2.75, 3.05) is 7.11 Å². The van der Waals surface area contributed by atoms with E-state index in [9.17, 15) is 29.8 Å². The monoisotopic (exact) mass is 1220 g/mol. The Morgan fingerprint density at radius 1 is 0.318 bits per heavy atom. The molecule has 0 fully saturated rings. The molecule has 0 heterocycles. The van der Waals surface area contributed by atoms with Crippen LogP contribution in [-0.4, -0.2) is 59.8 Å². The molecule has 0 aromatic heterocycles. The van der Waals surface area contributed by atoms with Crippen molar-refractivity contribution in [3.63, 3.8) is 0 Å². The van der Waals surface area contributed by atoms with Crippen LogP contribution >= 0.6 is 0 Å². The van der Waals surface area contributed by atoms with Crippen molar-refractivity contribution in [2.24, 2.45) is 0 Å². The number of aryl methyl sites for hydroxylation is 1. The topological polar surface area (TPSA) is 279 Å². The van der Waals surface area contributed by atoms with E-state index < -0.39 is 50.2 Å².